The van der Waals surface area contributed by atoms with Crippen molar-refractivity contribution >= 4 is 16.0 Å². The number of nitrogens with one attached hydrogen (secondary N) is 1. The molecule has 0 atom stereocenters. The summed E-state index contributed by atoms with van der Waals surface area (Å²) in [5.74, 6) is -1.14. The van der Waals surface area contributed by atoms with E-state index in [1.165, 1.54) is 25.3 Å². The zero-order chi connectivity index (χ0) is 15.6. The van der Waals surface area contributed by atoms with Gasteiger partial charge in [0.2, 0.25) is 10.0 Å². The summed E-state index contributed by atoms with van der Waals surface area (Å²) in [6, 6.07) is 3.65. The van der Waals surface area contributed by atoms with Gasteiger partial charge in [-0.25, -0.2) is 17.9 Å². The fraction of sp³-hybridized carbons (Fsp3) is 0.462. The Morgan fingerprint density at radius 2 is 1.95 bits per heavy atom. The molecule has 7 heteroatoms. The van der Waals surface area contributed by atoms with Crippen molar-refractivity contribution < 1.29 is 23.1 Å². The first-order valence-corrected chi connectivity index (χ1v) is 7.46. The monoisotopic (exact) mass is 301 g/mol. The molecule has 1 aromatic rings. The third-order valence-corrected chi connectivity index (χ3v) is 3.93. The molecular weight excluding hydrogens is 282 g/mol. The molecular formula is C13H19NO5S. The van der Waals surface area contributed by atoms with Crippen LogP contribution in [0.4, 0.5) is 0 Å². The van der Waals surface area contributed by atoms with Crippen LogP contribution in [0.1, 0.15) is 31.1 Å². The van der Waals surface area contributed by atoms with Crippen molar-refractivity contribution in [3.8, 4) is 5.75 Å². The van der Waals surface area contributed by atoms with Crippen molar-refractivity contribution in [3.05, 3.63) is 23.8 Å². The molecule has 0 heterocycles. The average Bonchev–Trinajstić information content (AvgIpc) is 2.35. The van der Waals surface area contributed by atoms with Crippen molar-refractivity contribution in [1.82, 2.24) is 4.72 Å². The molecule has 0 bridgehead atoms. The van der Waals surface area contributed by atoms with Crippen LogP contribution in [0.5, 0.6) is 5.75 Å². The van der Waals surface area contributed by atoms with Crippen molar-refractivity contribution in [2.75, 3.05) is 13.7 Å². The van der Waals surface area contributed by atoms with Gasteiger partial charge in [0.15, 0.2) is 0 Å². The molecule has 112 valence electrons. The number of methoxy groups -OCH3 is 1. The molecule has 2 N–H and O–H groups in total. The highest BCUT2D eigenvalue weighted by Gasteiger charge is 2.23. The molecule has 20 heavy (non-hydrogen) atoms. The van der Waals surface area contributed by atoms with Gasteiger partial charge in [0, 0.05) is 6.54 Å². The standard InChI is InChI=1S/C13H19NO5S/c1-13(2,3)8-14-20(17,18)11-6-5-9(12(15)16)7-10(11)19-4/h5-7,14H,8H2,1-4H3,(H,15,16). The lowest BCUT2D eigenvalue weighted by molar-refractivity contribution is 0.0696. The average molecular weight is 301 g/mol. The lowest BCUT2D eigenvalue weighted by atomic mass is 9.98. The number of aromatic carboxylic acids is 1. The number of benzene rings is 1. The van der Waals surface area contributed by atoms with Gasteiger partial charge in [0.1, 0.15) is 10.6 Å². The number of ether oxygens (including phenoxy) is 1. The summed E-state index contributed by atoms with van der Waals surface area (Å²) in [7, 11) is -2.45. The molecule has 0 saturated heterocycles. The molecule has 0 aliphatic carbocycles. The Bertz CT molecular complexity index is 602. The van der Waals surface area contributed by atoms with Gasteiger partial charge >= 0.3 is 5.97 Å². The Morgan fingerprint density at radius 1 is 1.35 bits per heavy atom. The van der Waals surface area contributed by atoms with E-state index in [0.29, 0.717) is 0 Å². The fourth-order valence-corrected chi connectivity index (χ4v) is 2.84. The van der Waals surface area contributed by atoms with Crippen LogP contribution in [-0.4, -0.2) is 33.1 Å². The highest BCUT2D eigenvalue weighted by atomic mass is 32.2. The largest absolute Gasteiger partial charge is 0.495 e. The van der Waals surface area contributed by atoms with Crippen LogP contribution < -0.4 is 9.46 Å². The maximum absolute atomic E-state index is 12.2. The van der Waals surface area contributed by atoms with E-state index in [4.69, 9.17) is 9.84 Å². The van der Waals surface area contributed by atoms with Gasteiger partial charge in [0.25, 0.3) is 0 Å². The van der Waals surface area contributed by atoms with E-state index in [9.17, 15) is 13.2 Å². The van der Waals surface area contributed by atoms with Gasteiger partial charge in [-0.1, -0.05) is 20.8 Å². The van der Waals surface area contributed by atoms with Gasteiger partial charge in [-0.05, 0) is 23.6 Å². The van der Waals surface area contributed by atoms with Crippen LogP contribution in [-0.2, 0) is 10.0 Å². The normalized spacial score (nSPS) is 12.2. The molecule has 0 fully saturated rings. The molecule has 0 aromatic heterocycles. The van der Waals surface area contributed by atoms with Crippen LogP contribution >= 0.6 is 0 Å². The Morgan fingerprint density at radius 3 is 2.40 bits per heavy atom. The third-order valence-electron chi connectivity index (χ3n) is 2.49. The van der Waals surface area contributed by atoms with Gasteiger partial charge in [-0.2, -0.15) is 0 Å². The lowest BCUT2D eigenvalue weighted by Gasteiger charge is -2.19. The molecule has 0 spiro atoms. The molecule has 0 amide bonds. The summed E-state index contributed by atoms with van der Waals surface area (Å²) in [6.07, 6.45) is 0. The minimum Gasteiger partial charge on any atom is -0.495 e. The number of rotatable bonds is 5. The summed E-state index contributed by atoms with van der Waals surface area (Å²) >= 11 is 0. The van der Waals surface area contributed by atoms with Crippen LogP contribution in [0.15, 0.2) is 23.1 Å². The van der Waals surface area contributed by atoms with Crippen LogP contribution in [0.2, 0.25) is 0 Å². The second-order valence-electron chi connectivity index (χ2n) is 5.56. The van der Waals surface area contributed by atoms with Gasteiger partial charge in [0.05, 0.1) is 12.7 Å². The van der Waals surface area contributed by atoms with E-state index >= 15 is 0 Å². The third kappa shape index (κ3) is 4.21. The molecule has 0 radical (unpaired) electrons. The van der Waals surface area contributed by atoms with E-state index in [2.05, 4.69) is 4.72 Å². The molecule has 0 unspecified atom stereocenters. The maximum atomic E-state index is 12.2. The Hall–Kier alpha value is -1.60. The topological polar surface area (TPSA) is 92.7 Å². The first kappa shape index (κ1) is 16.5. The van der Waals surface area contributed by atoms with Crippen molar-refractivity contribution in [1.29, 1.82) is 0 Å². The van der Waals surface area contributed by atoms with Crippen molar-refractivity contribution in [2.24, 2.45) is 5.41 Å². The van der Waals surface area contributed by atoms with E-state index in [-0.39, 0.29) is 28.2 Å². The van der Waals surface area contributed by atoms with E-state index in [1.807, 2.05) is 20.8 Å². The first-order chi connectivity index (χ1) is 9.07. The van der Waals surface area contributed by atoms with Crippen LogP contribution in [0.3, 0.4) is 0 Å². The molecule has 1 rings (SSSR count). The summed E-state index contributed by atoms with van der Waals surface area (Å²) in [5, 5.41) is 8.89. The van der Waals surface area contributed by atoms with Crippen molar-refractivity contribution in [2.45, 2.75) is 25.7 Å². The highest BCUT2D eigenvalue weighted by Crippen LogP contribution is 2.25. The lowest BCUT2D eigenvalue weighted by Crippen LogP contribution is -2.32. The summed E-state index contributed by atoms with van der Waals surface area (Å²) in [6.45, 7) is 5.97. The molecule has 0 saturated carbocycles. The quantitative estimate of drug-likeness (QED) is 0.863. The number of hydrogen-bond donors (Lipinski definition) is 2. The van der Waals surface area contributed by atoms with Gasteiger partial charge in [-0.15, -0.1) is 0 Å². The summed E-state index contributed by atoms with van der Waals surface area (Å²) in [4.78, 5) is 10.8. The minimum absolute atomic E-state index is 0.00584. The summed E-state index contributed by atoms with van der Waals surface area (Å²) < 4.78 is 31.9. The SMILES string of the molecule is COc1cc(C(=O)O)ccc1S(=O)(=O)NCC(C)(C)C. The molecule has 0 aliphatic rings. The molecule has 0 aliphatic heterocycles. The predicted molar refractivity (Wildman–Crippen MR) is 74.6 cm³/mol. The zero-order valence-corrected chi connectivity index (χ0v) is 12.7. The number of sulfonamides is 1. The van der Waals surface area contributed by atoms with E-state index < -0.39 is 16.0 Å². The van der Waals surface area contributed by atoms with Gasteiger partial charge in [-0.3, -0.25) is 0 Å². The number of carboxylic acid groups (broad SMARTS) is 1. The maximum Gasteiger partial charge on any atom is 0.335 e. The fourth-order valence-electron chi connectivity index (χ4n) is 1.41. The molecule has 6 nitrogen and oxygen atoms in total. The Labute approximate surface area is 118 Å². The van der Waals surface area contributed by atoms with Crippen LogP contribution in [0, 0.1) is 5.41 Å². The second-order valence-corrected chi connectivity index (χ2v) is 7.29. The van der Waals surface area contributed by atoms with Crippen molar-refractivity contribution in [3.63, 3.8) is 0 Å². The van der Waals surface area contributed by atoms with Crippen LogP contribution in [0.25, 0.3) is 0 Å². The van der Waals surface area contributed by atoms with E-state index in [1.54, 1.807) is 0 Å². The first-order valence-electron chi connectivity index (χ1n) is 5.98. The minimum atomic E-state index is -3.75. The second kappa shape index (κ2) is 5.80. The number of carboxylic acids is 1. The predicted octanol–water partition coefficient (Wildman–Crippen LogP) is 1.72. The Balaban J connectivity index is 3.15. The number of hydrogen-bond acceptors (Lipinski definition) is 4. The summed E-state index contributed by atoms with van der Waals surface area (Å²) in [5.41, 5.74) is -0.238. The smallest absolute Gasteiger partial charge is 0.335 e. The van der Waals surface area contributed by atoms with E-state index in [0.717, 1.165) is 0 Å². The zero-order valence-electron chi connectivity index (χ0n) is 11.9. The van der Waals surface area contributed by atoms with Gasteiger partial charge < -0.3 is 9.84 Å². The Kier molecular flexibility index (Phi) is 4.77. The molecule has 1 aromatic carbocycles. The number of carbonyl (C=O) groups is 1. The highest BCUT2D eigenvalue weighted by molar-refractivity contribution is 7.89.